The van der Waals surface area contributed by atoms with Crippen LogP contribution in [0.15, 0.2) is 30.5 Å². The maximum atomic E-state index is 13.0. The Morgan fingerprint density at radius 1 is 1.26 bits per heavy atom. The lowest BCUT2D eigenvalue weighted by Gasteiger charge is -2.19. The highest BCUT2D eigenvalue weighted by Crippen LogP contribution is 2.28. The minimum Gasteiger partial charge on any atom is -0.499 e. The third kappa shape index (κ3) is 2.40. The zero-order valence-corrected chi connectivity index (χ0v) is 9.52. The van der Waals surface area contributed by atoms with Crippen LogP contribution < -0.4 is 5.32 Å². The number of carboxylic acids is 1. The molecule has 1 aromatic rings. The number of hydrogen-bond acceptors (Lipinski definition) is 3. The van der Waals surface area contributed by atoms with E-state index in [0.29, 0.717) is 6.07 Å². The number of nitrogens with one attached hydrogen (secondary N) is 1. The molecule has 1 heterocycles. The molecule has 1 unspecified atom stereocenters. The van der Waals surface area contributed by atoms with Crippen LogP contribution in [0.25, 0.3) is 0 Å². The van der Waals surface area contributed by atoms with Crippen molar-refractivity contribution >= 4 is 17.6 Å². The molecule has 5 nitrogen and oxygen atoms in total. The Balaban J connectivity index is 2.25. The zero-order valence-electron chi connectivity index (χ0n) is 9.52. The van der Waals surface area contributed by atoms with E-state index in [-0.39, 0.29) is 12.3 Å². The number of hydrogen-bond donors (Lipinski definition) is 2. The van der Waals surface area contributed by atoms with E-state index >= 15 is 0 Å². The zero-order chi connectivity index (χ0) is 14.0. The molecule has 0 spiro atoms. The molecule has 0 aliphatic carbocycles. The van der Waals surface area contributed by atoms with E-state index in [2.05, 4.69) is 5.32 Å². The van der Waals surface area contributed by atoms with Gasteiger partial charge in [0.1, 0.15) is 18.2 Å². The molecule has 0 saturated heterocycles. The van der Waals surface area contributed by atoms with Gasteiger partial charge in [0.15, 0.2) is 0 Å². The molecular weight excluding hydrogens is 260 g/mol. The van der Waals surface area contributed by atoms with E-state index in [1.165, 1.54) is 0 Å². The number of aliphatic carboxylic acids is 1. The summed E-state index contributed by atoms with van der Waals surface area (Å²) < 4.78 is 30.7. The summed E-state index contributed by atoms with van der Waals surface area (Å²) in [5.74, 6) is -4.09. The number of carboxylic acid groups (broad SMARTS) is 1. The van der Waals surface area contributed by atoms with Crippen molar-refractivity contribution in [3.8, 4) is 0 Å². The first-order valence-electron chi connectivity index (χ1n) is 5.24. The summed E-state index contributed by atoms with van der Waals surface area (Å²) in [4.78, 5) is 23.1. The second-order valence-electron chi connectivity index (χ2n) is 4.00. The highest BCUT2D eigenvalue weighted by atomic mass is 19.1. The Hall–Kier alpha value is -2.44. The van der Waals surface area contributed by atoms with E-state index in [1.54, 1.807) is 0 Å². The standard InChI is InChI=1S/C12H9F2NO4/c13-7-3-8(14)5-9(4-7)15-10(16)12(11(17)18)1-2-19-6-12/h1-5H,6H2,(H,15,16)(H,17,18). The minimum atomic E-state index is -1.89. The molecule has 0 aromatic heterocycles. The Kier molecular flexibility index (Phi) is 3.20. The van der Waals surface area contributed by atoms with Gasteiger partial charge in [0.2, 0.25) is 11.3 Å². The molecule has 100 valence electrons. The summed E-state index contributed by atoms with van der Waals surface area (Å²) in [6.07, 6.45) is 2.18. The number of carbonyl (C=O) groups excluding carboxylic acids is 1. The molecule has 0 fully saturated rings. The van der Waals surface area contributed by atoms with E-state index < -0.39 is 28.9 Å². The van der Waals surface area contributed by atoms with E-state index in [9.17, 15) is 18.4 Å². The highest BCUT2D eigenvalue weighted by Gasteiger charge is 2.47. The maximum absolute atomic E-state index is 13.0. The number of rotatable bonds is 3. The second kappa shape index (κ2) is 4.68. The fraction of sp³-hybridized carbons (Fsp3) is 0.167. The van der Waals surface area contributed by atoms with Gasteiger partial charge in [-0.3, -0.25) is 9.59 Å². The molecule has 0 saturated carbocycles. The Morgan fingerprint density at radius 3 is 2.37 bits per heavy atom. The predicted molar refractivity (Wildman–Crippen MR) is 60.1 cm³/mol. The number of amides is 1. The van der Waals surface area contributed by atoms with Crippen molar-refractivity contribution in [2.45, 2.75) is 0 Å². The molecule has 1 aliphatic rings. The van der Waals surface area contributed by atoms with Gasteiger partial charge >= 0.3 is 5.97 Å². The van der Waals surface area contributed by atoms with Gasteiger partial charge < -0.3 is 15.2 Å². The van der Waals surface area contributed by atoms with Crippen LogP contribution in [-0.4, -0.2) is 23.6 Å². The molecule has 1 aliphatic heterocycles. The predicted octanol–water partition coefficient (Wildman–Crippen LogP) is 1.52. The van der Waals surface area contributed by atoms with Crippen LogP contribution in [0.4, 0.5) is 14.5 Å². The van der Waals surface area contributed by atoms with Gasteiger partial charge in [0.05, 0.1) is 6.26 Å². The smallest absolute Gasteiger partial charge is 0.326 e. The maximum Gasteiger partial charge on any atom is 0.326 e. The normalized spacial score (nSPS) is 20.9. The van der Waals surface area contributed by atoms with Crippen molar-refractivity contribution in [3.63, 3.8) is 0 Å². The van der Waals surface area contributed by atoms with E-state index in [1.807, 2.05) is 0 Å². The summed E-state index contributed by atoms with van der Waals surface area (Å²) in [5.41, 5.74) is -2.05. The van der Waals surface area contributed by atoms with Crippen LogP contribution in [0, 0.1) is 17.0 Å². The molecule has 19 heavy (non-hydrogen) atoms. The molecule has 7 heteroatoms. The van der Waals surface area contributed by atoms with E-state index in [0.717, 1.165) is 24.5 Å². The van der Waals surface area contributed by atoms with Crippen LogP contribution in [0.2, 0.25) is 0 Å². The quantitative estimate of drug-likeness (QED) is 0.816. The second-order valence-corrected chi connectivity index (χ2v) is 4.00. The number of carbonyl (C=O) groups is 2. The van der Waals surface area contributed by atoms with Crippen LogP contribution in [-0.2, 0) is 14.3 Å². The minimum absolute atomic E-state index is 0.163. The molecule has 2 N–H and O–H groups in total. The van der Waals surface area contributed by atoms with Crippen molar-refractivity contribution < 1.29 is 28.2 Å². The van der Waals surface area contributed by atoms with Crippen LogP contribution in [0.5, 0.6) is 0 Å². The average molecular weight is 269 g/mol. The van der Waals surface area contributed by atoms with Crippen LogP contribution >= 0.6 is 0 Å². The monoisotopic (exact) mass is 269 g/mol. The average Bonchev–Trinajstić information content (AvgIpc) is 2.77. The van der Waals surface area contributed by atoms with Crippen molar-refractivity contribution in [3.05, 3.63) is 42.2 Å². The molecule has 1 atom stereocenters. The first kappa shape index (κ1) is 13.0. The van der Waals surface area contributed by atoms with Crippen molar-refractivity contribution in [2.75, 3.05) is 11.9 Å². The van der Waals surface area contributed by atoms with Gasteiger partial charge in [-0.25, -0.2) is 8.78 Å². The molecule has 1 aromatic carbocycles. The van der Waals surface area contributed by atoms with Crippen molar-refractivity contribution in [1.29, 1.82) is 0 Å². The summed E-state index contributed by atoms with van der Waals surface area (Å²) in [6, 6.07) is 2.41. The first-order valence-corrected chi connectivity index (χ1v) is 5.24. The fourth-order valence-corrected chi connectivity index (χ4v) is 1.63. The molecule has 2 rings (SSSR count). The fourth-order valence-electron chi connectivity index (χ4n) is 1.63. The van der Waals surface area contributed by atoms with Gasteiger partial charge in [-0.1, -0.05) is 0 Å². The summed E-state index contributed by atoms with van der Waals surface area (Å²) in [6.45, 7) is -0.369. The van der Waals surface area contributed by atoms with Gasteiger partial charge in [-0.2, -0.15) is 0 Å². The van der Waals surface area contributed by atoms with Crippen molar-refractivity contribution in [2.24, 2.45) is 5.41 Å². The Morgan fingerprint density at radius 2 is 1.89 bits per heavy atom. The van der Waals surface area contributed by atoms with Gasteiger partial charge in [0.25, 0.3) is 0 Å². The largest absolute Gasteiger partial charge is 0.499 e. The number of anilines is 1. The van der Waals surface area contributed by atoms with Gasteiger partial charge in [-0.05, 0) is 18.2 Å². The summed E-state index contributed by atoms with van der Waals surface area (Å²) >= 11 is 0. The number of halogens is 2. The van der Waals surface area contributed by atoms with Crippen LogP contribution in [0.1, 0.15) is 0 Å². The van der Waals surface area contributed by atoms with Gasteiger partial charge in [0, 0.05) is 11.8 Å². The third-order valence-electron chi connectivity index (χ3n) is 2.67. The number of benzene rings is 1. The summed E-state index contributed by atoms with van der Waals surface area (Å²) in [5, 5.41) is 11.2. The Bertz CT molecular complexity index is 553. The highest BCUT2D eigenvalue weighted by molar-refractivity contribution is 6.10. The molecular formula is C12H9F2NO4. The molecule has 1 amide bonds. The number of ether oxygens (including phenoxy) is 1. The lowest BCUT2D eigenvalue weighted by Crippen LogP contribution is -2.43. The molecule has 0 bridgehead atoms. The SMILES string of the molecule is O=C(O)C1(C(=O)Nc2cc(F)cc(F)c2)C=COC1. The lowest BCUT2D eigenvalue weighted by atomic mass is 9.89. The Labute approximate surface area is 106 Å². The van der Waals surface area contributed by atoms with Gasteiger partial charge in [-0.15, -0.1) is 0 Å². The topological polar surface area (TPSA) is 75.6 Å². The van der Waals surface area contributed by atoms with E-state index in [4.69, 9.17) is 9.84 Å². The third-order valence-corrected chi connectivity index (χ3v) is 2.67. The van der Waals surface area contributed by atoms with Crippen molar-refractivity contribution in [1.82, 2.24) is 0 Å². The lowest BCUT2D eigenvalue weighted by molar-refractivity contribution is -0.151. The molecule has 0 radical (unpaired) electrons. The van der Waals surface area contributed by atoms with Crippen LogP contribution in [0.3, 0.4) is 0 Å². The first-order chi connectivity index (χ1) is 8.94. The summed E-state index contributed by atoms with van der Waals surface area (Å²) in [7, 11) is 0.